The van der Waals surface area contributed by atoms with Crippen LogP contribution in [0.4, 0.5) is 0 Å². The van der Waals surface area contributed by atoms with E-state index in [0.29, 0.717) is 0 Å². The molecule has 0 amide bonds. The zero-order chi connectivity index (χ0) is 8.20. The van der Waals surface area contributed by atoms with E-state index in [1.165, 1.54) is 0 Å². The molecule has 0 saturated heterocycles. The third-order valence-electron chi connectivity index (χ3n) is 1.90. The van der Waals surface area contributed by atoms with E-state index in [1.54, 1.807) is 21.3 Å². The third kappa shape index (κ3) is 2.05. The van der Waals surface area contributed by atoms with Gasteiger partial charge >= 0.3 is 0 Å². The standard InChI is InChI=1S/C6H16O3Si/c1-5(7-2)6(10,8-3)9-4/h5H,1-4,10H3. The first-order valence-electron chi connectivity index (χ1n) is 3.23. The summed E-state index contributed by atoms with van der Waals surface area (Å²) in [6, 6.07) is 0. The van der Waals surface area contributed by atoms with Crippen molar-refractivity contribution in [3.05, 3.63) is 0 Å². The van der Waals surface area contributed by atoms with Crippen molar-refractivity contribution in [1.82, 2.24) is 0 Å². The Hall–Kier alpha value is 0.0969. The van der Waals surface area contributed by atoms with Gasteiger partial charge in [0.2, 0.25) is 0 Å². The maximum atomic E-state index is 5.15. The van der Waals surface area contributed by atoms with Gasteiger partial charge in [-0.05, 0) is 6.92 Å². The molecule has 0 radical (unpaired) electrons. The van der Waals surface area contributed by atoms with Gasteiger partial charge in [0.05, 0.1) is 10.2 Å². The first-order valence-corrected chi connectivity index (χ1v) is 4.23. The average Bonchev–Trinajstić information content (AvgIpc) is 2.01. The fourth-order valence-corrected chi connectivity index (χ4v) is 0.865. The highest BCUT2D eigenvalue weighted by molar-refractivity contribution is 6.13. The number of hydrogen-bond donors (Lipinski definition) is 0. The summed E-state index contributed by atoms with van der Waals surface area (Å²) >= 11 is 0. The molecule has 0 fully saturated rings. The molecule has 0 rings (SSSR count). The van der Waals surface area contributed by atoms with Crippen molar-refractivity contribution in [2.75, 3.05) is 21.3 Å². The van der Waals surface area contributed by atoms with Crippen molar-refractivity contribution < 1.29 is 14.2 Å². The molecular weight excluding hydrogens is 148 g/mol. The minimum absolute atomic E-state index is 0.00540. The van der Waals surface area contributed by atoms with Gasteiger partial charge in [0.25, 0.3) is 0 Å². The van der Waals surface area contributed by atoms with Crippen LogP contribution < -0.4 is 0 Å². The molecular formula is C6H16O3Si. The quantitative estimate of drug-likeness (QED) is 0.407. The predicted molar refractivity (Wildman–Crippen MR) is 43.2 cm³/mol. The van der Waals surface area contributed by atoms with Crippen molar-refractivity contribution >= 4 is 10.2 Å². The molecule has 0 saturated carbocycles. The van der Waals surface area contributed by atoms with Gasteiger partial charge < -0.3 is 14.2 Å². The minimum atomic E-state index is -0.491. The maximum absolute atomic E-state index is 5.15. The third-order valence-corrected chi connectivity index (χ3v) is 3.53. The molecule has 0 heterocycles. The largest absolute Gasteiger partial charge is 0.377 e. The second-order valence-corrected chi connectivity index (χ2v) is 3.70. The monoisotopic (exact) mass is 164 g/mol. The number of ether oxygens (including phenoxy) is 3. The first kappa shape index (κ1) is 10.1. The Morgan fingerprint density at radius 1 is 1.20 bits per heavy atom. The van der Waals surface area contributed by atoms with Crippen LogP contribution in [0.5, 0.6) is 0 Å². The summed E-state index contributed by atoms with van der Waals surface area (Å²) in [6.45, 7) is 1.93. The lowest BCUT2D eigenvalue weighted by Gasteiger charge is -2.31. The second-order valence-electron chi connectivity index (χ2n) is 2.30. The van der Waals surface area contributed by atoms with Gasteiger partial charge in [0.1, 0.15) is 6.10 Å². The van der Waals surface area contributed by atoms with Gasteiger partial charge in [-0.1, -0.05) is 0 Å². The van der Waals surface area contributed by atoms with Gasteiger partial charge in [-0.2, -0.15) is 0 Å². The number of methoxy groups -OCH3 is 3. The van der Waals surface area contributed by atoms with E-state index in [0.717, 1.165) is 10.2 Å². The molecule has 1 atom stereocenters. The van der Waals surface area contributed by atoms with Crippen LogP contribution in [0.1, 0.15) is 6.92 Å². The summed E-state index contributed by atoms with van der Waals surface area (Å²) < 4.78 is 15.4. The first-order chi connectivity index (χ1) is 4.60. The molecule has 0 aromatic rings. The van der Waals surface area contributed by atoms with Crippen LogP contribution >= 0.6 is 0 Å². The zero-order valence-corrected chi connectivity index (χ0v) is 9.30. The Balaban J connectivity index is 4.02. The van der Waals surface area contributed by atoms with E-state index in [4.69, 9.17) is 14.2 Å². The lowest BCUT2D eigenvalue weighted by molar-refractivity contribution is -0.202. The Morgan fingerprint density at radius 2 is 1.60 bits per heavy atom. The topological polar surface area (TPSA) is 27.7 Å². The molecule has 0 aliphatic carbocycles. The van der Waals surface area contributed by atoms with Gasteiger partial charge in [-0.3, -0.25) is 0 Å². The molecule has 0 aromatic heterocycles. The molecule has 0 aromatic carbocycles. The van der Waals surface area contributed by atoms with E-state index < -0.39 is 5.41 Å². The summed E-state index contributed by atoms with van der Waals surface area (Å²) in [5, 5.41) is 0. The molecule has 3 nitrogen and oxygen atoms in total. The molecule has 0 spiro atoms. The van der Waals surface area contributed by atoms with Crippen LogP contribution in [0.3, 0.4) is 0 Å². The summed E-state index contributed by atoms with van der Waals surface area (Å²) in [4.78, 5) is 0. The van der Waals surface area contributed by atoms with E-state index in [2.05, 4.69) is 0 Å². The molecule has 1 unspecified atom stereocenters. The van der Waals surface area contributed by atoms with Crippen molar-refractivity contribution in [3.8, 4) is 0 Å². The van der Waals surface area contributed by atoms with Crippen LogP contribution in [0.2, 0.25) is 0 Å². The summed E-state index contributed by atoms with van der Waals surface area (Å²) in [5.41, 5.74) is -0.491. The maximum Gasteiger partial charge on any atom is 0.165 e. The normalized spacial score (nSPS) is 15.6. The highest BCUT2D eigenvalue weighted by Gasteiger charge is 2.29. The minimum Gasteiger partial charge on any atom is -0.377 e. The lowest BCUT2D eigenvalue weighted by Crippen LogP contribution is -2.45. The van der Waals surface area contributed by atoms with Crippen molar-refractivity contribution in [2.24, 2.45) is 0 Å². The van der Waals surface area contributed by atoms with Crippen molar-refractivity contribution in [1.29, 1.82) is 0 Å². The summed E-state index contributed by atoms with van der Waals surface area (Å²) in [6.07, 6.45) is -0.00540. The fraction of sp³-hybridized carbons (Fsp3) is 1.00. The SMILES string of the molecule is COC(C)C([SiH3])(OC)OC. The van der Waals surface area contributed by atoms with Crippen LogP contribution in [0.15, 0.2) is 0 Å². The van der Waals surface area contributed by atoms with Gasteiger partial charge in [0.15, 0.2) is 5.41 Å². The Bertz CT molecular complexity index is 93.0. The highest BCUT2D eigenvalue weighted by atomic mass is 28.1. The fourth-order valence-electron chi connectivity index (χ4n) is 0.629. The predicted octanol–water partition coefficient (Wildman–Crippen LogP) is -0.667. The van der Waals surface area contributed by atoms with Crippen molar-refractivity contribution in [3.63, 3.8) is 0 Å². The Morgan fingerprint density at radius 3 is 1.70 bits per heavy atom. The van der Waals surface area contributed by atoms with Gasteiger partial charge in [-0.15, -0.1) is 0 Å². The smallest absolute Gasteiger partial charge is 0.165 e. The molecule has 0 bridgehead atoms. The lowest BCUT2D eigenvalue weighted by atomic mass is 10.4. The van der Waals surface area contributed by atoms with E-state index in [1.807, 2.05) is 6.92 Å². The van der Waals surface area contributed by atoms with Crippen molar-refractivity contribution in [2.45, 2.75) is 18.4 Å². The molecule has 10 heavy (non-hydrogen) atoms. The van der Waals surface area contributed by atoms with Crippen LogP contribution in [-0.4, -0.2) is 43.1 Å². The van der Waals surface area contributed by atoms with E-state index >= 15 is 0 Å². The van der Waals surface area contributed by atoms with Crippen LogP contribution in [-0.2, 0) is 14.2 Å². The Kier molecular flexibility index (Phi) is 4.11. The van der Waals surface area contributed by atoms with Crippen LogP contribution in [0.25, 0.3) is 0 Å². The van der Waals surface area contributed by atoms with Gasteiger partial charge in [-0.25, -0.2) is 0 Å². The van der Waals surface area contributed by atoms with E-state index in [-0.39, 0.29) is 6.10 Å². The zero-order valence-electron chi connectivity index (χ0n) is 7.30. The second kappa shape index (κ2) is 4.08. The molecule has 0 N–H and O–H groups in total. The molecule has 0 aliphatic heterocycles. The average molecular weight is 164 g/mol. The van der Waals surface area contributed by atoms with Gasteiger partial charge in [0, 0.05) is 21.3 Å². The van der Waals surface area contributed by atoms with Crippen LogP contribution in [0, 0.1) is 0 Å². The molecule has 62 valence electrons. The Labute approximate surface area is 65.1 Å². The summed E-state index contributed by atoms with van der Waals surface area (Å²) in [7, 11) is 5.70. The number of hydrogen-bond acceptors (Lipinski definition) is 3. The molecule has 4 heteroatoms. The summed E-state index contributed by atoms with van der Waals surface area (Å²) in [5.74, 6) is 0. The molecule has 0 aliphatic rings. The number of rotatable bonds is 4. The van der Waals surface area contributed by atoms with E-state index in [9.17, 15) is 0 Å². The highest BCUT2D eigenvalue weighted by Crippen LogP contribution is 2.13.